The summed E-state index contributed by atoms with van der Waals surface area (Å²) in [5, 5.41) is 13.4. The summed E-state index contributed by atoms with van der Waals surface area (Å²) in [6.07, 6.45) is 0. The molecule has 1 rings (SSSR count). The first-order valence-corrected chi connectivity index (χ1v) is 5.46. The SMILES string of the molecule is CC(C)(C)CNc1cc(F)c(Cl)cc1[N+](=O)[O-]. The van der Waals surface area contributed by atoms with Gasteiger partial charge in [0.2, 0.25) is 0 Å². The van der Waals surface area contributed by atoms with E-state index in [2.05, 4.69) is 5.32 Å². The van der Waals surface area contributed by atoms with Gasteiger partial charge in [0.25, 0.3) is 5.69 Å². The fourth-order valence-corrected chi connectivity index (χ4v) is 1.35. The number of nitro benzene ring substituents is 1. The standard InChI is InChI=1S/C11H14ClFN2O2/c1-11(2,3)6-14-9-5-8(13)7(12)4-10(9)15(16)17/h4-5,14H,6H2,1-3H3. The van der Waals surface area contributed by atoms with E-state index in [1.807, 2.05) is 20.8 Å². The maximum absolute atomic E-state index is 13.2. The fraction of sp³-hybridized carbons (Fsp3) is 0.455. The van der Waals surface area contributed by atoms with E-state index in [0.717, 1.165) is 12.1 Å². The molecule has 17 heavy (non-hydrogen) atoms. The normalized spacial score (nSPS) is 11.4. The molecule has 1 N–H and O–H groups in total. The van der Waals surface area contributed by atoms with Gasteiger partial charge in [0.15, 0.2) is 0 Å². The molecular weight excluding hydrogens is 247 g/mol. The fourth-order valence-electron chi connectivity index (χ4n) is 1.19. The molecule has 94 valence electrons. The van der Waals surface area contributed by atoms with Crippen LogP contribution in [0.15, 0.2) is 12.1 Å². The lowest BCUT2D eigenvalue weighted by Crippen LogP contribution is -2.19. The van der Waals surface area contributed by atoms with E-state index in [1.54, 1.807) is 0 Å². The van der Waals surface area contributed by atoms with Crippen LogP contribution in [0.4, 0.5) is 15.8 Å². The highest BCUT2D eigenvalue weighted by atomic mass is 35.5. The lowest BCUT2D eigenvalue weighted by atomic mass is 9.97. The van der Waals surface area contributed by atoms with Gasteiger partial charge in [0.05, 0.1) is 9.95 Å². The third kappa shape index (κ3) is 3.85. The highest BCUT2D eigenvalue weighted by Gasteiger charge is 2.19. The number of halogens is 2. The summed E-state index contributed by atoms with van der Waals surface area (Å²) in [5.74, 6) is -0.673. The number of benzene rings is 1. The minimum atomic E-state index is -0.673. The van der Waals surface area contributed by atoms with Gasteiger partial charge >= 0.3 is 0 Å². The summed E-state index contributed by atoms with van der Waals surface area (Å²) in [4.78, 5) is 10.2. The summed E-state index contributed by atoms with van der Waals surface area (Å²) >= 11 is 5.51. The summed E-state index contributed by atoms with van der Waals surface area (Å²) in [6, 6.07) is 2.06. The summed E-state index contributed by atoms with van der Waals surface area (Å²) < 4.78 is 13.2. The van der Waals surface area contributed by atoms with Crippen LogP contribution in [0.2, 0.25) is 5.02 Å². The first kappa shape index (κ1) is 13.7. The average molecular weight is 261 g/mol. The molecule has 0 aliphatic rings. The van der Waals surface area contributed by atoms with Crippen LogP contribution in [-0.2, 0) is 0 Å². The molecule has 0 radical (unpaired) electrons. The van der Waals surface area contributed by atoms with Crippen LogP contribution < -0.4 is 5.32 Å². The van der Waals surface area contributed by atoms with Crippen molar-refractivity contribution in [1.29, 1.82) is 0 Å². The summed E-state index contributed by atoms with van der Waals surface area (Å²) in [7, 11) is 0. The molecule has 1 aromatic rings. The van der Waals surface area contributed by atoms with Gasteiger partial charge in [-0.1, -0.05) is 32.4 Å². The third-order valence-corrected chi connectivity index (χ3v) is 2.33. The first-order chi connectivity index (χ1) is 7.70. The predicted octanol–water partition coefficient (Wildman–Crippen LogP) is 3.85. The number of anilines is 1. The van der Waals surface area contributed by atoms with E-state index in [4.69, 9.17) is 11.6 Å². The Hall–Kier alpha value is -1.36. The molecule has 0 saturated heterocycles. The van der Waals surface area contributed by atoms with Gasteiger partial charge < -0.3 is 5.32 Å². The van der Waals surface area contributed by atoms with Crippen molar-refractivity contribution in [1.82, 2.24) is 0 Å². The molecule has 0 aliphatic carbocycles. The monoisotopic (exact) mass is 260 g/mol. The van der Waals surface area contributed by atoms with Gasteiger partial charge in [0.1, 0.15) is 11.5 Å². The Bertz CT molecular complexity index is 444. The highest BCUT2D eigenvalue weighted by Crippen LogP contribution is 2.31. The van der Waals surface area contributed by atoms with E-state index in [1.165, 1.54) is 0 Å². The number of rotatable bonds is 3. The maximum atomic E-state index is 13.2. The van der Waals surface area contributed by atoms with Crippen molar-refractivity contribution in [2.24, 2.45) is 5.41 Å². The highest BCUT2D eigenvalue weighted by molar-refractivity contribution is 6.31. The molecule has 1 aromatic carbocycles. The van der Waals surface area contributed by atoms with Crippen LogP contribution in [0.1, 0.15) is 20.8 Å². The molecule has 0 atom stereocenters. The molecule has 0 amide bonds. The molecule has 0 heterocycles. The molecule has 0 bridgehead atoms. The van der Waals surface area contributed by atoms with E-state index in [0.29, 0.717) is 6.54 Å². The average Bonchev–Trinajstić information content (AvgIpc) is 2.17. The Morgan fingerprint density at radius 3 is 2.53 bits per heavy atom. The smallest absolute Gasteiger partial charge is 0.294 e. The van der Waals surface area contributed by atoms with Crippen LogP contribution in [0.5, 0.6) is 0 Å². The Labute approximate surface area is 104 Å². The van der Waals surface area contributed by atoms with Gasteiger partial charge in [-0.05, 0) is 5.41 Å². The zero-order chi connectivity index (χ0) is 13.2. The zero-order valence-electron chi connectivity index (χ0n) is 9.88. The van der Waals surface area contributed by atoms with Gasteiger partial charge in [-0.15, -0.1) is 0 Å². The van der Waals surface area contributed by atoms with Crippen molar-refractivity contribution in [3.8, 4) is 0 Å². The quantitative estimate of drug-likeness (QED) is 0.663. The van der Waals surface area contributed by atoms with Gasteiger partial charge in [-0.25, -0.2) is 4.39 Å². The van der Waals surface area contributed by atoms with E-state index in [9.17, 15) is 14.5 Å². The second-order valence-corrected chi connectivity index (χ2v) is 5.36. The Kier molecular flexibility index (Phi) is 3.93. The van der Waals surface area contributed by atoms with Crippen molar-refractivity contribution in [2.45, 2.75) is 20.8 Å². The van der Waals surface area contributed by atoms with Gasteiger partial charge in [-0.3, -0.25) is 10.1 Å². The summed E-state index contributed by atoms with van der Waals surface area (Å²) in [5.41, 5.74) is -0.142. The lowest BCUT2D eigenvalue weighted by molar-refractivity contribution is -0.384. The van der Waals surface area contributed by atoms with E-state index in [-0.39, 0.29) is 21.8 Å². The molecule has 0 fully saturated rings. The van der Waals surface area contributed by atoms with Crippen molar-refractivity contribution in [3.63, 3.8) is 0 Å². The van der Waals surface area contributed by atoms with Crippen molar-refractivity contribution < 1.29 is 9.31 Å². The lowest BCUT2D eigenvalue weighted by Gasteiger charge is -2.19. The van der Waals surface area contributed by atoms with Gasteiger partial charge in [0, 0.05) is 18.7 Å². The number of hydrogen-bond donors (Lipinski definition) is 1. The predicted molar refractivity (Wildman–Crippen MR) is 66.0 cm³/mol. The van der Waals surface area contributed by atoms with Crippen molar-refractivity contribution in [3.05, 3.63) is 33.1 Å². The van der Waals surface area contributed by atoms with Crippen LogP contribution in [0.25, 0.3) is 0 Å². The van der Waals surface area contributed by atoms with E-state index < -0.39 is 10.7 Å². The third-order valence-electron chi connectivity index (χ3n) is 2.04. The topological polar surface area (TPSA) is 55.2 Å². The van der Waals surface area contributed by atoms with Gasteiger partial charge in [-0.2, -0.15) is 0 Å². The van der Waals surface area contributed by atoms with Crippen molar-refractivity contribution in [2.75, 3.05) is 11.9 Å². The van der Waals surface area contributed by atoms with Crippen LogP contribution in [0.3, 0.4) is 0 Å². The molecule has 0 spiro atoms. The molecular formula is C11H14ClFN2O2. The molecule has 0 aromatic heterocycles. The minimum Gasteiger partial charge on any atom is -0.379 e. The number of nitrogens with zero attached hydrogens (tertiary/aromatic N) is 1. The number of nitro groups is 1. The molecule has 0 aliphatic heterocycles. The Morgan fingerprint density at radius 1 is 1.47 bits per heavy atom. The zero-order valence-corrected chi connectivity index (χ0v) is 10.6. The largest absolute Gasteiger partial charge is 0.379 e. The molecule has 6 heteroatoms. The summed E-state index contributed by atoms with van der Waals surface area (Å²) in [6.45, 7) is 6.41. The van der Waals surface area contributed by atoms with Crippen LogP contribution >= 0.6 is 11.6 Å². The van der Waals surface area contributed by atoms with Crippen LogP contribution in [-0.4, -0.2) is 11.5 Å². The molecule has 0 unspecified atom stereocenters. The molecule has 0 saturated carbocycles. The Balaban J connectivity index is 3.05. The first-order valence-electron chi connectivity index (χ1n) is 5.08. The number of nitrogens with one attached hydrogen (secondary N) is 1. The second-order valence-electron chi connectivity index (χ2n) is 4.95. The number of hydrogen-bond acceptors (Lipinski definition) is 3. The Morgan fingerprint density at radius 2 is 2.06 bits per heavy atom. The second kappa shape index (κ2) is 4.87. The van der Waals surface area contributed by atoms with E-state index >= 15 is 0 Å². The maximum Gasteiger partial charge on any atom is 0.294 e. The molecule has 4 nitrogen and oxygen atoms in total. The minimum absolute atomic E-state index is 0.0655. The van der Waals surface area contributed by atoms with Crippen molar-refractivity contribution >= 4 is 23.0 Å². The van der Waals surface area contributed by atoms with Crippen LogP contribution in [0, 0.1) is 21.3 Å².